The van der Waals surface area contributed by atoms with E-state index in [1.165, 1.54) is 12.1 Å². The van der Waals surface area contributed by atoms with Crippen LogP contribution in [0, 0.1) is 0 Å². The standard InChI is InChI=1S/C9H11NO3/c10-7(5-11)9(13)6-3-1-2-4-8(6)12/h1-4,7,11-12H,5,10H2. The average molecular weight is 181 g/mol. The van der Waals surface area contributed by atoms with Gasteiger partial charge in [0, 0.05) is 0 Å². The normalized spacial score (nSPS) is 12.5. The largest absolute Gasteiger partial charge is 0.507 e. The van der Waals surface area contributed by atoms with Gasteiger partial charge in [-0.1, -0.05) is 12.1 Å². The molecule has 0 amide bonds. The third-order valence-corrected chi connectivity index (χ3v) is 1.70. The van der Waals surface area contributed by atoms with Gasteiger partial charge < -0.3 is 15.9 Å². The van der Waals surface area contributed by atoms with Crippen LogP contribution in [-0.4, -0.2) is 28.6 Å². The third-order valence-electron chi connectivity index (χ3n) is 1.70. The number of aromatic hydroxyl groups is 1. The summed E-state index contributed by atoms with van der Waals surface area (Å²) < 4.78 is 0. The fraction of sp³-hybridized carbons (Fsp3) is 0.222. The Balaban J connectivity index is 2.95. The molecule has 0 bridgehead atoms. The van der Waals surface area contributed by atoms with Crippen LogP contribution in [0.2, 0.25) is 0 Å². The van der Waals surface area contributed by atoms with Crippen LogP contribution in [0.5, 0.6) is 5.75 Å². The van der Waals surface area contributed by atoms with Crippen molar-refractivity contribution in [2.75, 3.05) is 6.61 Å². The quantitative estimate of drug-likeness (QED) is 0.568. The van der Waals surface area contributed by atoms with Crippen LogP contribution in [0.4, 0.5) is 0 Å². The molecule has 0 aliphatic rings. The minimum absolute atomic E-state index is 0.114. The van der Waals surface area contributed by atoms with Crippen LogP contribution in [0.25, 0.3) is 0 Å². The number of hydrogen-bond acceptors (Lipinski definition) is 4. The Bertz CT molecular complexity index is 311. The molecule has 0 aliphatic heterocycles. The summed E-state index contributed by atoms with van der Waals surface area (Å²) >= 11 is 0. The van der Waals surface area contributed by atoms with Crippen LogP contribution in [0.1, 0.15) is 10.4 Å². The number of hydrogen-bond donors (Lipinski definition) is 3. The van der Waals surface area contributed by atoms with Crippen molar-refractivity contribution in [3.63, 3.8) is 0 Å². The van der Waals surface area contributed by atoms with E-state index in [2.05, 4.69) is 0 Å². The molecule has 0 fully saturated rings. The van der Waals surface area contributed by atoms with Gasteiger partial charge in [-0.3, -0.25) is 4.79 Å². The first-order chi connectivity index (χ1) is 6.16. The molecule has 0 saturated heterocycles. The molecule has 1 aromatic rings. The first kappa shape index (κ1) is 9.70. The predicted octanol–water partition coefficient (Wildman–Crippen LogP) is -0.106. The SMILES string of the molecule is NC(CO)C(=O)c1ccccc1O. The number of nitrogens with two attached hydrogens (primary N) is 1. The van der Waals surface area contributed by atoms with Crippen molar-refractivity contribution in [1.29, 1.82) is 0 Å². The maximum Gasteiger partial charge on any atom is 0.185 e. The van der Waals surface area contributed by atoms with Gasteiger partial charge in [-0.25, -0.2) is 0 Å². The zero-order chi connectivity index (χ0) is 9.84. The van der Waals surface area contributed by atoms with Gasteiger partial charge in [0.15, 0.2) is 5.78 Å². The number of aliphatic hydroxyl groups excluding tert-OH is 1. The highest BCUT2D eigenvalue weighted by molar-refractivity contribution is 6.02. The number of phenolic OH excluding ortho intramolecular Hbond substituents is 1. The van der Waals surface area contributed by atoms with E-state index >= 15 is 0 Å². The number of carbonyl (C=O) groups excluding carboxylic acids is 1. The lowest BCUT2D eigenvalue weighted by Crippen LogP contribution is -2.34. The van der Waals surface area contributed by atoms with E-state index in [-0.39, 0.29) is 11.3 Å². The summed E-state index contributed by atoms with van der Waals surface area (Å²) in [7, 11) is 0. The zero-order valence-corrected chi connectivity index (χ0v) is 6.97. The Labute approximate surface area is 75.6 Å². The Morgan fingerprint density at radius 2 is 2.08 bits per heavy atom. The van der Waals surface area contributed by atoms with E-state index in [4.69, 9.17) is 10.8 Å². The molecule has 4 nitrogen and oxygen atoms in total. The Kier molecular flexibility index (Phi) is 3.00. The van der Waals surface area contributed by atoms with E-state index < -0.39 is 18.4 Å². The Morgan fingerprint density at radius 1 is 1.46 bits per heavy atom. The van der Waals surface area contributed by atoms with E-state index in [0.717, 1.165) is 0 Å². The van der Waals surface area contributed by atoms with Crippen molar-refractivity contribution >= 4 is 5.78 Å². The summed E-state index contributed by atoms with van der Waals surface area (Å²) in [4.78, 5) is 11.4. The fourth-order valence-corrected chi connectivity index (χ4v) is 0.965. The third kappa shape index (κ3) is 2.05. The molecule has 0 aromatic heterocycles. The maximum atomic E-state index is 11.4. The number of carbonyl (C=O) groups is 1. The van der Waals surface area contributed by atoms with E-state index in [9.17, 15) is 9.90 Å². The summed E-state index contributed by atoms with van der Waals surface area (Å²) in [6.07, 6.45) is 0. The number of ketones is 1. The Hall–Kier alpha value is -1.39. The van der Waals surface area contributed by atoms with Crippen molar-refractivity contribution in [3.8, 4) is 5.75 Å². The zero-order valence-electron chi connectivity index (χ0n) is 6.97. The summed E-state index contributed by atoms with van der Waals surface area (Å²) in [6.45, 7) is -0.423. The van der Waals surface area contributed by atoms with Gasteiger partial charge in [-0.05, 0) is 12.1 Å². The number of phenols is 1. The lowest BCUT2D eigenvalue weighted by molar-refractivity contribution is 0.0923. The van der Waals surface area contributed by atoms with Crippen molar-refractivity contribution in [3.05, 3.63) is 29.8 Å². The van der Waals surface area contributed by atoms with Gasteiger partial charge in [0.05, 0.1) is 18.2 Å². The highest BCUT2D eigenvalue weighted by Crippen LogP contribution is 2.16. The molecule has 70 valence electrons. The first-order valence-electron chi connectivity index (χ1n) is 3.85. The summed E-state index contributed by atoms with van der Waals surface area (Å²) in [5.74, 6) is -0.572. The van der Waals surface area contributed by atoms with E-state index in [0.29, 0.717) is 0 Å². The molecule has 1 aromatic carbocycles. The number of Topliss-reactive ketones (excluding diaryl/α,β-unsaturated/α-hetero) is 1. The molecule has 4 heteroatoms. The van der Waals surface area contributed by atoms with Gasteiger partial charge in [-0.2, -0.15) is 0 Å². The van der Waals surface area contributed by atoms with Gasteiger partial charge in [-0.15, -0.1) is 0 Å². The highest BCUT2D eigenvalue weighted by Gasteiger charge is 2.17. The topological polar surface area (TPSA) is 83.5 Å². The van der Waals surface area contributed by atoms with E-state index in [1.807, 2.05) is 0 Å². The van der Waals surface area contributed by atoms with Crippen LogP contribution in [0.15, 0.2) is 24.3 Å². The number of para-hydroxylation sites is 1. The van der Waals surface area contributed by atoms with E-state index in [1.54, 1.807) is 12.1 Å². The molecule has 0 aliphatic carbocycles. The molecule has 1 atom stereocenters. The smallest absolute Gasteiger partial charge is 0.185 e. The number of aliphatic hydroxyl groups is 1. The summed E-state index contributed by atoms with van der Waals surface area (Å²) in [5, 5.41) is 17.9. The Morgan fingerprint density at radius 3 is 2.62 bits per heavy atom. The van der Waals surface area contributed by atoms with Crippen molar-refractivity contribution < 1.29 is 15.0 Å². The minimum atomic E-state index is -0.965. The fourth-order valence-electron chi connectivity index (χ4n) is 0.965. The van der Waals surface area contributed by atoms with Crippen molar-refractivity contribution in [2.24, 2.45) is 5.73 Å². The molecular weight excluding hydrogens is 170 g/mol. The highest BCUT2D eigenvalue weighted by atomic mass is 16.3. The molecule has 0 heterocycles. The van der Waals surface area contributed by atoms with Crippen LogP contribution in [-0.2, 0) is 0 Å². The lowest BCUT2D eigenvalue weighted by atomic mass is 10.0. The second kappa shape index (κ2) is 4.02. The van der Waals surface area contributed by atoms with Gasteiger partial charge in [0.2, 0.25) is 0 Å². The maximum absolute atomic E-state index is 11.4. The first-order valence-corrected chi connectivity index (χ1v) is 3.85. The van der Waals surface area contributed by atoms with Crippen LogP contribution >= 0.6 is 0 Å². The molecule has 4 N–H and O–H groups in total. The van der Waals surface area contributed by atoms with Gasteiger partial charge in [0.25, 0.3) is 0 Å². The van der Waals surface area contributed by atoms with Crippen LogP contribution in [0.3, 0.4) is 0 Å². The second-order valence-corrected chi connectivity index (χ2v) is 2.67. The molecular formula is C9H11NO3. The van der Waals surface area contributed by atoms with Gasteiger partial charge in [0.1, 0.15) is 5.75 Å². The van der Waals surface area contributed by atoms with Crippen LogP contribution < -0.4 is 5.73 Å². The second-order valence-electron chi connectivity index (χ2n) is 2.67. The van der Waals surface area contributed by atoms with Crippen molar-refractivity contribution in [1.82, 2.24) is 0 Å². The molecule has 1 unspecified atom stereocenters. The van der Waals surface area contributed by atoms with Crippen molar-refractivity contribution in [2.45, 2.75) is 6.04 Å². The number of benzene rings is 1. The average Bonchev–Trinajstić information content (AvgIpc) is 2.16. The molecule has 0 spiro atoms. The molecule has 0 radical (unpaired) electrons. The summed E-state index contributed by atoms with van der Waals surface area (Å²) in [6, 6.07) is 5.13. The summed E-state index contributed by atoms with van der Waals surface area (Å²) in [5.41, 5.74) is 5.45. The minimum Gasteiger partial charge on any atom is -0.507 e. The lowest BCUT2D eigenvalue weighted by Gasteiger charge is -2.07. The van der Waals surface area contributed by atoms with Gasteiger partial charge >= 0.3 is 0 Å². The molecule has 13 heavy (non-hydrogen) atoms. The predicted molar refractivity (Wildman–Crippen MR) is 47.5 cm³/mol. The monoisotopic (exact) mass is 181 g/mol. The molecule has 0 saturated carbocycles. The number of rotatable bonds is 3. The molecule has 1 rings (SSSR count).